The molecule has 3 rings (SSSR count). The summed E-state index contributed by atoms with van der Waals surface area (Å²) in [4.78, 5) is 25.9. The number of likely N-dealkylation sites (tertiary alicyclic amines) is 1. The molecule has 0 bridgehead atoms. The van der Waals surface area contributed by atoms with E-state index in [1.54, 1.807) is 4.90 Å². The lowest BCUT2D eigenvalue weighted by atomic mass is 9.89. The van der Waals surface area contributed by atoms with Gasteiger partial charge in [0.2, 0.25) is 0 Å². The Bertz CT molecular complexity index is 581. The van der Waals surface area contributed by atoms with Crippen molar-refractivity contribution in [1.29, 1.82) is 0 Å². The van der Waals surface area contributed by atoms with E-state index in [0.717, 1.165) is 31.2 Å². The molecule has 1 aliphatic heterocycles. The Hall–Kier alpha value is -1.84. The molecule has 1 fully saturated rings. The standard InChI is InChI=1S/C17H21NO3/c1-11-13(17(20)21)9-4-10-18(11)16(19)15-8-3-6-12-5-2-7-14(12)15/h3,6,8,11,13H,2,4-5,7,9-10H2,1H3,(H,20,21)/t11-,13-/m1/s1. The minimum Gasteiger partial charge on any atom is -0.481 e. The normalized spacial score (nSPS) is 24.7. The Labute approximate surface area is 124 Å². The first kappa shape index (κ1) is 14.1. The summed E-state index contributed by atoms with van der Waals surface area (Å²) in [7, 11) is 0. The second-order valence-electron chi connectivity index (χ2n) is 6.12. The average molecular weight is 287 g/mol. The summed E-state index contributed by atoms with van der Waals surface area (Å²) in [6, 6.07) is 5.70. The highest BCUT2D eigenvalue weighted by atomic mass is 16.4. The van der Waals surface area contributed by atoms with Crippen LogP contribution in [0.2, 0.25) is 0 Å². The highest BCUT2D eigenvalue weighted by molar-refractivity contribution is 5.96. The minimum atomic E-state index is -0.793. The molecule has 4 nitrogen and oxygen atoms in total. The molecule has 21 heavy (non-hydrogen) atoms. The zero-order chi connectivity index (χ0) is 15.0. The monoisotopic (exact) mass is 287 g/mol. The third-order valence-electron chi connectivity index (χ3n) is 4.94. The number of hydrogen-bond acceptors (Lipinski definition) is 2. The maximum atomic E-state index is 12.9. The van der Waals surface area contributed by atoms with Crippen LogP contribution in [0.4, 0.5) is 0 Å². The molecule has 4 heteroatoms. The summed E-state index contributed by atoms with van der Waals surface area (Å²) in [5.41, 5.74) is 3.23. The fourth-order valence-corrected chi connectivity index (χ4v) is 3.73. The molecule has 0 unspecified atom stereocenters. The number of piperidine rings is 1. The highest BCUT2D eigenvalue weighted by Gasteiger charge is 2.36. The van der Waals surface area contributed by atoms with Crippen molar-refractivity contribution in [2.24, 2.45) is 5.92 Å². The van der Waals surface area contributed by atoms with Gasteiger partial charge in [-0.3, -0.25) is 9.59 Å². The van der Waals surface area contributed by atoms with E-state index in [-0.39, 0.29) is 11.9 Å². The number of fused-ring (bicyclic) bond motifs is 1. The van der Waals surface area contributed by atoms with Gasteiger partial charge in [0.15, 0.2) is 0 Å². The van der Waals surface area contributed by atoms with Gasteiger partial charge in [0, 0.05) is 18.2 Å². The maximum Gasteiger partial charge on any atom is 0.308 e. The van der Waals surface area contributed by atoms with Crippen LogP contribution in [0.15, 0.2) is 18.2 Å². The van der Waals surface area contributed by atoms with Crippen LogP contribution >= 0.6 is 0 Å². The first-order chi connectivity index (χ1) is 10.1. The first-order valence-electron chi connectivity index (χ1n) is 7.74. The second kappa shape index (κ2) is 5.51. The van der Waals surface area contributed by atoms with E-state index >= 15 is 0 Å². The van der Waals surface area contributed by atoms with Crippen molar-refractivity contribution in [3.8, 4) is 0 Å². The van der Waals surface area contributed by atoms with Gasteiger partial charge < -0.3 is 10.0 Å². The van der Waals surface area contributed by atoms with E-state index in [2.05, 4.69) is 6.07 Å². The second-order valence-corrected chi connectivity index (χ2v) is 6.12. The van der Waals surface area contributed by atoms with Crippen molar-refractivity contribution < 1.29 is 14.7 Å². The van der Waals surface area contributed by atoms with Crippen molar-refractivity contribution in [3.05, 3.63) is 34.9 Å². The van der Waals surface area contributed by atoms with E-state index in [9.17, 15) is 14.7 Å². The molecule has 2 aliphatic rings. The van der Waals surface area contributed by atoms with Gasteiger partial charge in [-0.05, 0) is 56.2 Å². The molecule has 1 amide bonds. The first-order valence-corrected chi connectivity index (χ1v) is 7.74. The Morgan fingerprint density at radius 3 is 2.81 bits per heavy atom. The number of hydrogen-bond donors (Lipinski definition) is 1. The number of amides is 1. The number of carbonyl (C=O) groups is 2. The van der Waals surface area contributed by atoms with Crippen LogP contribution in [0, 0.1) is 5.92 Å². The third-order valence-corrected chi connectivity index (χ3v) is 4.94. The fraction of sp³-hybridized carbons (Fsp3) is 0.529. The number of carbonyl (C=O) groups excluding carboxylic acids is 1. The molecule has 1 aliphatic carbocycles. The zero-order valence-corrected chi connectivity index (χ0v) is 12.3. The third kappa shape index (κ3) is 2.43. The molecular weight excluding hydrogens is 266 g/mol. The van der Waals surface area contributed by atoms with Crippen molar-refractivity contribution in [2.45, 2.75) is 45.1 Å². The van der Waals surface area contributed by atoms with E-state index in [0.29, 0.717) is 13.0 Å². The number of carboxylic acid groups (broad SMARTS) is 1. The smallest absolute Gasteiger partial charge is 0.308 e. The summed E-state index contributed by atoms with van der Waals surface area (Å²) in [6.45, 7) is 2.52. The average Bonchev–Trinajstić information content (AvgIpc) is 2.94. The van der Waals surface area contributed by atoms with Gasteiger partial charge in [0.25, 0.3) is 5.91 Å². The zero-order valence-electron chi connectivity index (χ0n) is 12.3. The van der Waals surface area contributed by atoms with Crippen LogP contribution in [0.1, 0.15) is 47.7 Å². The minimum absolute atomic E-state index is 0.00667. The fourth-order valence-electron chi connectivity index (χ4n) is 3.73. The number of carboxylic acids is 1. The van der Waals surface area contributed by atoms with Crippen LogP contribution < -0.4 is 0 Å². The molecule has 112 valence electrons. The SMILES string of the molecule is C[C@@H]1[C@H](C(=O)O)CCCN1C(=O)c1cccc2c1CCC2. The van der Waals surface area contributed by atoms with Gasteiger partial charge in [-0.25, -0.2) is 0 Å². The van der Waals surface area contributed by atoms with E-state index in [4.69, 9.17) is 0 Å². The molecule has 0 spiro atoms. The molecule has 2 atom stereocenters. The number of aryl methyl sites for hydroxylation is 1. The summed E-state index contributed by atoms with van der Waals surface area (Å²) >= 11 is 0. The molecule has 0 radical (unpaired) electrons. The maximum absolute atomic E-state index is 12.9. The van der Waals surface area contributed by atoms with Gasteiger partial charge >= 0.3 is 5.97 Å². The van der Waals surface area contributed by atoms with Crippen molar-refractivity contribution in [1.82, 2.24) is 4.90 Å². The number of rotatable bonds is 2. The van der Waals surface area contributed by atoms with Crippen LogP contribution in [-0.2, 0) is 17.6 Å². The van der Waals surface area contributed by atoms with E-state index < -0.39 is 11.9 Å². The lowest BCUT2D eigenvalue weighted by Gasteiger charge is -2.37. The van der Waals surface area contributed by atoms with Crippen LogP contribution in [0.3, 0.4) is 0 Å². The van der Waals surface area contributed by atoms with Gasteiger partial charge in [0.1, 0.15) is 0 Å². The lowest BCUT2D eigenvalue weighted by Crippen LogP contribution is -2.49. The molecule has 1 saturated heterocycles. The summed E-state index contributed by atoms with van der Waals surface area (Å²) < 4.78 is 0. The van der Waals surface area contributed by atoms with Gasteiger partial charge in [-0.2, -0.15) is 0 Å². The Balaban J connectivity index is 1.88. The van der Waals surface area contributed by atoms with Crippen LogP contribution in [0.25, 0.3) is 0 Å². The number of aliphatic carboxylic acids is 1. The lowest BCUT2D eigenvalue weighted by molar-refractivity contribution is -0.144. The van der Waals surface area contributed by atoms with Crippen LogP contribution in [0.5, 0.6) is 0 Å². The molecule has 1 N–H and O–H groups in total. The molecule has 0 saturated carbocycles. The topological polar surface area (TPSA) is 57.6 Å². The summed E-state index contributed by atoms with van der Waals surface area (Å²) in [5, 5.41) is 9.30. The van der Waals surface area contributed by atoms with Crippen molar-refractivity contribution in [2.75, 3.05) is 6.54 Å². The van der Waals surface area contributed by atoms with Crippen molar-refractivity contribution >= 4 is 11.9 Å². The van der Waals surface area contributed by atoms with Crippen molar-refractivity contribution in [3.63, 3.8) is 0 Å². The van der Waals surface area contributed by atoms with Gasteiger partial charge in [-0.15, -0.1) is 0 Å². The Morgan fingerprint density at radius 1 is 1.24 bits per heavy atom. The van der Waals surface area contributed by atoms with Gasteiger partial charge in [-0.1, -0.05) is 12.1 Å². The molecule has 1 heterocycles. The molecule has 1 aromatic carbocycles. The van der Waals surface area contributed by atoms with Crippen LogP contribution in [-0.4, -0.2) is 34.5 Å². The van der Waals surface area contributed by atoms with Gasteiger partial charge in [0.05, 0.1) is 5.92 Å². The Kier molecular flexibility index (Phi) is 3.70. The molecule has 0 aromatic heterocycles. The van der Waals surface area contributed by atoms with E-state index in [1.165, 1.54) is 11.1 Å². The summed E-state index contributed by atoms with van der Waals surface area (Å²) in [5.74, 6) is -1.23. The Morgan fingerprint density at radius 2 is 2.05 bits per heavy atom. The van der Waals surface area contributed by atoms with E-state index in [1.807, 2.05) is 19.1 Å². The molecular formula is C17H21NO3. The number of benzene rings is 1. The summed E-state index contributed by atoms with van der Waals surface area (Å²) in [6.07, 6.45) is 4.54. The quantitative estimate of drug-likeness (QED) is 0.909. The molecule has 1 aromatic rings. The largest absolute Gasteiger partial charge is 0.481 e. The number of nitrogens with zero attached hydrogens (tertiary/aromatic N) is 1. The highest BCUT2D eigenvalue weighted by Crippen LogP contribution is 2.29. The predicted octanol–water partition coefficient (Wildman–Crippen LogP) is 2.50. The predicted molar refractivity (Wildman–Crippen MR) is 79.3 cm³/mol.